The Bertz CT molecular complexity index is 2090. The molecule has 4 saturated heterocycles. The van der Waals surface area contributed by atoms with Gasteiger partial charge in [-0.2, -0.15) is 9.97 Å². The third kappa shape index (κ3) is 6.83. The lowest BCUT2D eigenvalue weighted by Gasteiger charge is -2.41. The molecule has 14 heteroatoms. The predicted octanol–water partition coefficient (Wildman–Crippen LogP) is 6.48. The number of fused-ring (bicyclic) bond motifs is 5. The summed E-state index contributed by atoms with van der Waals surface area (Å²) in [7, 11) is 1.54. The quantitative estimate of drug-likeness (QED) is 0.140. The minimum Gasteiger partial charge on any atom is -0.468 e. The summed E-state index contributed by atoms with van der Waals surface area (Å²) in [5, 5.41) is 2.07. The fourth-order valence-electron chi connectivity index (χ4n) is 8.68. The smallest absolute Gasteiger partial charge is 0.410 e. The van der Waals surface area contributed by atoms with E-state index in [1.807, 2.05) is 37.8 Å². The molecule has 0 radical (unpaired) electrons. The zero-order chi connectivity index (χ0) is 37.1. The molecule has 0 N–H and O–H groups in total. The maximum Gasteiger partial charge on any atom is 0.410 e. The van der Waals surface area contributed by atoms with Crippen LogP contribution < -0.4 is 14.4 Å². The second-order valence-electron chi connectivity index (χ2n) is 15.6. The number of piperazine rings is 1. The Kier molecular flexibility index (Phi) is 9.31. The number of ether oxygens (including phenoxy) is 4. The van der Waals surface area contributed by atoms with Crippen LogP contribution in [0.1, 0.15) is 69.0 Å². The summed E-state index contributed by atoms with van der Waals surface area (Å²) in [5.41, 5.74) is 0.577. The maximum atomic E-state index is 15.0. The molecule has 2 unspecified atom stereocenters. The first-order valence-corrected chi connectivity index (χ1v) is 19.0. The number of alkyl halides is 1. The van der Waals surface area contributed by atoms with E-state index in [-0.39, 0.29) is 42.1 Å². The van der Waals surface area contributed by atoms with E-state index in [0.29, 0.717) is 66.4 Å². The van der Waals surface area contributed by atoms with Crippen molar-refractivity contribution in [1.29, 1.82) is 0 Å². The number of terminal acetylenes is 1. The number of thiazole rings is 1. The third-order valence-electron chi connectivity index (χ3n) is 10.8. The number of hydrogen-bond donors (Lipinski definition) is 0. The Morgan fingerprint density at radius 3 is 2.64 bits per heavy atom. The van der Waals surface area contributed by atoms with Crippen molar-refractivity contribution in [3.8, 4) is 24.1 Å². The molecule has 0 saturated carbocycles. The summed E-state index contributed by atoms with van der Waals surface area (Å²) in [5.74, 6) is 3.24. The number of anilines is 1. The average molecular weight is 747 g/mol. The number of amides is 1. The fraction of sp³-hybridized carbons (Fsp3) is 0.538. The fourth-order valence-corrected chi connectivity index (χ4v) is 9.63. The summed E-state index contributed by atoms with van der Waals surface area (Å²) in [6.45, 7) is 8.34. The number of hydrogen-bond acceptors (Lipinski definition) is 11. The summed E-state index contributed by atoms with van der Waals surface area (Å²) in [6, 6.07) is 6.81. The highest BCUT2D eigenvalue weighted by Gasteiger charge is 2.50. The second kappa shape index (κ2) is 13.8. The first kappa shape index (κ1) is 35.7. The van der Waals surface area contributed by atoms with Gasteiger partial charge in [-0.3, -0.25) is 9.80 Å². The van der Waals surface area contributed by atoms with Crippen LogP contribution in [0.5, 0.6) is 11.8 Å². The predicted molar refractivity (Wildman–Crippen MR) is 198 cm³/mol. The van der Waals surface area contributed by atoms with Crippen molar-refractivity contribution >= 4 is 44.4 Å². The molecule has 2 bridgehead atoms. The van der Waals surface area contributed by atoms with Crippen LogP contribution in [0.2, 0.25) is 0 Å². The van der Waals surface area contributed by atoms with Crippen molar-refractivity contribution in [2.45, 2.75) is 88.7 Å². The Balaban J connectivity index is 1.16. The zero-order valence-electron chi connectivity index (χ0n) is 30.5. The highest BCUT2D eigenvalue weighted by molar-refractivity contribution is 7.18. The molecule has 2 aromatic carbocycles. The highest BCUT2D eigenvalue weighted by Crippen LogP contribution is 2.42. The van der Waals surface area contributed by atoms with Gasteiger partial charge in [0.1, 0.15) is 40.5 Å². The van der Waals surface area contributed by atoms with Crippen LogP contribution in [0.4, 0.5) is 19.4 Å². The van der Waals surface area contributed by atoms with E-state index < -0.39 is 17.6 Å². The molecular formula is C39H44F2N6O5S. The van der Waals surface area contributed by atoms with Crippen LogP contribution in [-0.2, 0) is 15.9 Å². The molecule has 4 aromatic rings. The lowest BCUT2D eigenvalue weighted by Crippen LogP contribution is -2.57. The van der Waals surface area contributed by atoms with Crippen LogP contribution in [0, 0.1) is 18.2 Å². The van der Waals surface area contributed by atoms with Gasteiger partial charge in [0.2, 0.25) is 0 Å². The first-order chi connectivity index (χ1) is 25.4. The summed E-state index contributed by atoms with van der Waals surface area (Å²) in [4.78, 5) is 35.1. The molecule has 1 amide bonds. The van der Waals surface area contributed by atoms with E-state index in [2.05, 4.69) is 15.7 Å². The van der Waals surface area contributed by atoms with Crippen LogP contribution in [-0.4, -0.2) is 107 Å². The summed E-state index contributed by atoms with van der Waals surface area (Å²) in [6.07, 6.45) is 8.98. The number of carbonyl (C=O) groups excluding carboxylic acids is 1. The number of methoxy groups -OCH3 is 1. The van der Waals surface area contributed by atoms with E-state index in [9.17, 15) is 9.18 Å². The Hall–Kier alpha value is -4.32. The largest absolute Gasteiger partial charge is 0.468 e. The molecule has 4 fully saturated rings. The molecule has 8 rings (SSSR count). The number of rotatable bonds is 9. The van der Waals surface area contributed by atoms with Gasteiger partial charge in [0.15, 0.2) is 17.4 Å². The molecule has 4 aliphatic rings. The number of benzene rings is 2. The molecule has 0 aliphatic carbocycles. The van der Waals surface area contributed by atoms with E-state index in [1.165, 1.54) is 17.4 Å². The number of aromatic nitrogens is 3. The zero-order valence-corrected chi connectivity index (χ0v) is 31.3. The molecule has 280 valence electrons. The van der Waals surface area contributed by atoms with Gasteiger partial charge in [0, 0.05) is 45.0 Å². The number of carbonyl (C=O) groups is 1. The maximum absolute atomic E-state index is 15.0. The molecule has 4 aliphatic heterocycles. The van der Waals surface area contributed by atoms with Crippen molar-refractivity contribution in [2.24, 2.45) is 0 Å². The molecule has 0 spiro atoms. The van der Waals surface area contributed by atoms with Crippen molar-refractivity contribution < 1.29 is 32.5 Å². The number of halogens is 2. The minimum atomic E-state index is -0.878. The minimum absolute atomic E-state index is 0.0468. The average Bonchev–Trinajstić information content (AvgIpc) is 3.84. The topological polar surface area (TPSA) is 102 Å². The van der Waals surface area contributed by atoms with Gasteiger partial charge in [-0.05, 0) is 82.1 Å². The monoisotopic (exact) mass is 746 g/mol. The molecular weight excluding hydrogens is 703 g/mol. The third-order valence-corrected chi connectivity index (χ3v) is 11.8. The summed E-state index contributed by atoms with van der Waals surface area (Å²) < 4.78 is 52.7. The van der Waals surface area contributed by atoms with Gasteiger partial charge in [-0.15, -0.1) is 6.42 Å². The normalized spacial score (nSPS) is 24.2. The van der Waals surface area contributed by atoms with Crippen molar-refractivity contribution in [3.05, 3.63) is 46.2 Å². The Morgan fingerprint density at radius 1 is 1.11 bits per heavy atom. The van der Waals surface area contributed by atoms with Gasteiger partial charge < -0.3 is 23.8 Å². The number of nitrogens with zero attached hydrogens (tertiary/aromatic N) is 6. The van der Waals surface area contributed by atoms with Gasteiger partial charge in [-0.1, -0.05) is 23.3 Å². The SMILES string of the molecule is C#Cc1c(F)ccc2cc(OCOC)cc(Cc3nc4c(N5CC6CCC(C5)N6C(=O)OC(C)(C)C)nc(OC[C@@]56CCCN5C[C@H](F)C6)nc4s3)c12. The lowest BCUT2D eigenvalue weighted by molar-refractivity contribution is 0.0122. The second-order valence-corrected chi connectivity index (χ2v) is 16.7. The molecule has 53 heavy (non-hydrogen) atoms. The molecule has 11 nitrogen and oxygen atoms in total. The van der Waals surface area contributed by atoms with Gasteiger partial charge >= 0.3 is 12.1 Å². The van der Waals surface area contributed by atoms with Crippen molar-refractivity contribution in [3.63, 3.8) is 0 Å². The van der Waals surface area contributed by atoms with E-state index >= 15 is 4.39 Å². The van der Waals surface area contributed by atoms with Crippen molar-refractivity contribution in [1.82, 2.24) is 24.8 Å². The van der Waals surface area contributed by atoms with E-state index in [1.54, 1.807) is 13.2 Å². The highest BCUT2D eigenvalue weighted by atomic mass is 32.1. The first-order valence-electron chi connectivity index (χ1n) is 18.2. The van der Waals surface area contributed by atoms with Gasteiger partial charge in [0.25, 0.3) is 0 Å². The summed E-state index contributed by atoms with van der Waals surface area (Å²) >= 11 is 1.40. The molecule has 6 heterocycles. The standard InChI is InChI=1S/C39H44F2N6O5S/c1-6-29-30(41)11-8-23-14-28(51-22-49-5)15-24(32(23)29)16-31-42-33-34(45-19-26-9-10-27(20-45)47(26)37(48)52-38(2,3)4)43-36(44-35(33)53-31)50-21-39-12-7-13-46(39)18-25(40)17-39/h1,8,11,14-15,25-27H,7,9-10,12-13,16-22H2,2-5H3/t25-,26?,27?,39+/m1/s1. The van der Waals surface area contributed by atoms with Crippen LogP contribution in [0.3, 0.4) is 0 Å². The molecule has 4 atom stereocenters. The van der Waals surface area contributed by atoms with Crippen molar-refractivity contribution in [2.75, 3.05) is 51.6 Å². The van der Waals surface area contributed by atoms with Crippen LogP contribution in [0.15, 0.2) is 24.3 Å². The molecule has 2 aromatic heterocycles. The van der Waals surface area contributed by atoms with Crippen LogP contribution in [0.25, 0.3) is 21.1 Å². The van der Waals surface area contributed by atoms with Gasteiger partial charge in [0.05, 0.1) is 23.2 Å². The Morgan fingerprint density at radius 2 is 1.91 bits per heavy atom. The van der Waals surface area contributed by atoms with Gasteiger partial charge in [-0.25, -0.2) is 18.6 Å². The lowest BCUT2D eigenvalue weighted by atomic mass is 9.95. The van der Waals surface area contributed by atoms with E-state index in [0.717, 1.165) is 48.2 Å². The van der Waals surface area contributed by atoms with Crippen LogP contribution >= 0.6 is 11.3 Å². The Labute approximate surface area is 311 Å². The van der Waals surface area contributed by atoms with E-state index in [4.69, 9.17) is 40.3 Å².